The lowest BCUT2D eigenvalue weighted by Crippen LogP contribution is -2.27. The number of carbonyl (C=O) groups is 2. The van der Waals surface area contributed by atoms with Crippen molar-refractivity contribution in [3.05, 3.63) is 47.7 Å². The van der Waals surface area contributed by atoms with Crippen molar-refractivity contribution >= 4 is 11.7 Å². The van der Waals surface area contributed by atoms with Gasteiger partial charge >= 0.3 is 0 Å². The van der Waals surface area contributed by atoms with Gasteiger partial charge in [0.2, 0.25) is 5.91 Å². The molecule has 0 radical (unpaired) electrons. The molecule has 1 saturated heterocycles. The maximum atomic E-state index is 12.5. The number of hydrogen-bond donors (Lipinski definition) is 0. The second kappa shape index (κ2) is 5.39. The van der Waals surface area contributed by atoms with E-state index in [1.807, 2.05) is 25.1 Å². The second-order valence-electron chi connectivity index (χ2n) is 4.86. The molecule has 1 atom stereocenters. The molecule has 2 rings (SSSR count). The van der Waals surface area contributed by atoms with Gasteiger partial charge in [0, 0.05) is 12.1 Å². The molecule has 1 heterocycles. The lowest BCUT2D eigenvalue weighted by atomic mass is 9.91. The molecule has 0 N–H and O–H groups in total. The Balaban J connectivity index is 2.31. The summed E-state index contributed by atoms with van der Waals surface area (Å²) < 4.78 is 0. The maximum Gasteiger partial charge on any atom is 0.237 e. The number of nitrogens with zero attached hydrogens (tertiary/aromatic N) is 1. The Kier molecular flexibility index (Phi) is 3.84. The van der Waals surface area contributed by atoms with Crippen LogP contribution in [0.25, 0.3) is 0 Å². The molecule has 1 aliphatic rings. The molecule has 3 heteroatoms. The van der Waals surface area contributed by atoms with Gasteiger partial charge < -0.3 is 4.90 Å². The minimum atomic E-state index is -0.538. The lowest BCUT2D eigenvalue weighted by Gasteiger charge is -2.13. The average Bonchev–Trinajstić information content (AvgIpc) is 2.79. The van der Waals surface area contributed by atoms with Gasteiger partial charge in [0.1, 0.15) is 5.92 Å². The van der Waals surface area contributed by atoms with Crippen LogP contribution in [0.5, 0.6) is 0 Å². The van der Waals surface area contributed by atoms with Crippen molar-refractivity contribution in [2.45, 2.75) is 26.7 Å². The fourth-order valence-electron chi connectivity index (χ4n) is 2.65. The van der Waals surface area contributed by atoms with Crippen LogP contribution in [0, 0.1) is 12.8 Å². The number of Topliss-reactive ketones (excluding diaryl/α,β-unsaturated/α-hetero) is 1. The summed E-state index contributed by atoms with van der Waals surface area (Å²) in [6.45, 7) is 8.21. The standard InChI is InChI=1S/C16H19NO2/c1-4-12-7-6-8-13(11(12)3)15(18)14-9-10-17(5-2)16(14)19/h5-8,14H,2,4,9-10H2,1,3H3. The molecule has 19 heavy (non-hydrogen) atoms. The van der Waals surface area contributed by atoms with Crippen LogP contribution in [0.15, 0.2) is 31.0 Å². The Labute approximate surface area is 113 Å². The highest BCUT2D eigenvalue weighted by atomic mass is 16.2. The van der Waals surface area contributed by atoms with Gasteiger partial charge in [0.25, 0.3) is 0 Å². The largest absolute Gasteiger partial charge is 0.319 e. The molecular formula is C16H19NO2. The van der Waals surface area contributed by atoms with Crippen LogP contribution in [0.2, 0.25) is 0 Å². The molecule has 0 spiro atoms. The van der Waals surface area contributed by atoms with E-state index >= 15 is 0 Å². The van der Waals surface area contributed by atoms with E-state index in [1.54, 1.807) is 0 Å². The summed E-state index contributed by atoms with van der Waals surface area (Å²) in [4.78, 5) is 26.1. The van der Waals surface area contributed by atoms with E-state index in [0.717, 1.165) is 17.5 Å². The molecule has 0 saturated carbocycles. The first-order valence-electron chi connectivity index (χ1n) is 6.65. The lowest BCUT2D eigenvalue weighted by molar-refractivity contribution is -0.127. The Morgan fingerprint density at radius 1 is 1.53 bits per heavy atom. The summed E-state index contributed by atoms with van der Waals surface area (Å²) in [6.07, 6.45) is 2.98. The Morgan fingerprint density at radius 3 is 2.84 bits per heavy atom. The molecule has 1 aliphatic heterocycles. The monoisotopic (exact) mass is 257 g/mol. The molecule has 0 aromatic heterocycles. The summed E-state index contributed by atoms with van der Waals surface area (Å²) in [6, 6.07) is 5.74. The van der Waals surface area contributed by atoms with Crippen molar-refractivity contribution in [1.29, 1.82) is 0 Å². The Morgan fingerprint density at radius 2 is 2.26 bits per heavy atom. The first-order valence-corrected chi connectivity index (χ1v) is 6.65. The van der Waals surface area contributed by atoms with Crippen LogP contribution in [-0.2, 0) is 11.2 Å². The smallest absolute Gasteiger partial charge is 0.237 e. The normalized spacial score (nSPS) is 18.7. The molecule has 1 aromatic rings. The van der Waals surface area contributed by atoms with Crippen LogP contribution in [0.1, 0.15) is 34.8 Å². The summed E-state index contributed by atoms with van der Waals surface area (Å²) in [5, 5.41) is 0. The fraction of sp³-hybridized carbons (Fsp3) is 0.375. The van der Waals surface area contributed by atoms with E-state index in [-0.39, 0.29) is 11.7 Å². The van der Waals surface area contributed by atoms with E-state index in [1.165, 1.54) is 11.1 Å². The highest BCUT2D eigenvalue weighted by Crippen LogP contribution is 2.25. The number of amides is 1. The van der Waals surface area contributed by atoms with Gasteiger partial charge in [-0.05, 0) is 37.1 Å². The predicted octanol–water partition coefficient (Wildman–Crippen LogP) is 2.73. The molecule has 0 aliphatic carbocycles. The molecule has 1 aromatic carbocycles. The zero-order valence-electron chi connectivity index (χ0n) is 11.5. The number of benzene rings is 1. The predicted molar refractivity (Wildman–Crippen MR) is 74.9 cm³/mol. The first-order chi connectivity index (χ1) is 9.10. The molecule has 100 valence electrons. The molecule has 1 amide bonds. The van der Waals surface area contributed by atoms with E-state index in [0.29, 0.717) is 18.5 Å². The zero-order valence-corrected chi connectivity index (χ0v) is 11.5. The molecule has 1 unspecified atom stereocenters. The van der Waals surface area contributed by atoms with Gasteiger partial charge in [-0.15, -0.1) is 0 Å². The fourth-order valence-corrected chi connectivity index (χ4v) is 2.65. The maximum absolute atomic E-state index is 12.5. The first kappa shape index (κ1) is 13.5. The number of carbonyl (C=O) groups excluding carboxylic acids is 2. The molecule has 1 fully saturated rings. The Bertz CT molecular complexity index is 534. The summed E-state index contributed by atoms with van der Waals surface area (Å²) in [5.74, 6) is -0.716. The van der Waals surface area contributed by atoms with Gasteiger partial charge in [-0.3, -0.25) is 9.59 Å². The third kappa shape index (κ3) is 2.33. The number of ketones is 1. The van der Waals surface area contributed by atoms with Crippen molar-refractivity contribution in [3.8, 4) is 0 Å². The zero-order chi connectivity index (χ0) is 14.0. The van der Waals surface area contributed by atoms with Crippen molar-refractivity contribution in [2.24, 2.45) is 5.92 Å². The van der Waals surface area contributed by atoms with Crippen LogP contribution in [0.3, 0.4) is 0 Å². The summed E-state index contributed by atoms with van der Waals surface area (Å²) in [7, 11) is 0. The van der Waals surface area contributed by atoms with Gasteiger partial charge in [-0.1, -0.05) is 31.7 Å². The topological polar surface area (TPSA) is 37.4 Å². The quantitative estimate of drug-likeness (QED) is 0.614. The Hall–Kier alpha value is -1.90. The summed E-state index contributed by atoms with van der Waals surface area (Å²) in [5.41, 5.74) is 2.85. The van der Waals surface area contributed by atoms with Crippen LogP contribution in [-0.4, -0.2) is 23.1 Å². The van der Waals surface area contributed by atoms with Crippen molar-refractivity contribution < 1.29 is 9.59 Å². The number of hydrogen-bond acceptors (Lipinski definition) is 2. The highest BCUT2D eigenvalue weighted by molar-refractivity contribution is 6.11. The number of likely N-dealkylation sites (tertiary alicyclic amines) is 1. The second-order valence-corrected chi connectivity index (χ2v) is 4.86. The van der Waals surface area contributed by atoms with E-state index in [9.17, 15) is 9.59 Å². The van der Waals surface area contributed by atoms with Crippen LogP contribution >= 0.6 is 0 Å². The average molecular weight is 257 g/mol. The molecule has 0 bridgehead atoms. The third-order valence-electron chi connectivity index (χ3n) is 3.87. The van der Waals surface area contributed by atoms with E-state index in [4.69, 9.17) is 0 Å². The minimum absolute atomic E-state index is 0.0536. The van der Waals surface area contributed by atoms with E-state index in [2.05, 4.69) is 13.5 Å². The van der Waals surface area contributed by atoms with Gasteiger partial charge in [-0.25, -0.2) is 0 Å². The SMILES string of the molecule is C=CN1CCC(C(=O)c2cccc(CC)c2C)C1=O. The van der Waals surface area contributed by atoms with Gasteiger partial charge in [0.05, 0.1) is 0 Å². The highest BCUT2D eigenvalue weighted by Gasteiger charge is 2.36. The van der Waals surface area contributed by atoms with Gasteiger partial charge in [0.15, 0.2) is 5.78 Å². The molecule has 3 nitrogen and oxygen atoms in total. The molecular weight excluding hydrogens is 238 g/mol. The summed E-state index contributed by atoms with van der Waals surface area (Å²) >= 11 is 0. The van der Waals surface area contributed by atoms with Crippen molar-refractivity contribution in [2.75, 3.05) is 6.54 Å². The number of rotatable bonds is 4. The minimum Gasteiger partial charge on any atom is -0.319 e. The van der Waals surface area contributed by atoms with Crippen LogP contribution in [0.4, 0.5) is 0 Å². The van der Waals surface area contributed by atoms with Crippen LogP contribution < -0.4 is 0 Å². The van der Waals surface area contributed by atoms with Gasteiger partial charge in [-0.2, -0.15) is 0 Å². The van der Waals surface area contributed by atoms with E-state index < -0.39 is 5.92 Å². The van der Waals surface area contributed by atoms with Crippen molar-refractivity contribution in [3.63, 3.8) is 0 Å². The third-order valence-corrected chi connectivity index (χ3v) is 3.87. The van der Waals surface area contributed by atoms with Crippen molar-refractivity contribution in [1.82, 2.24) is 4.90 Å². The number of aryl methyl sites for hydroxylation is 1.